The number of carbonyl (C=O) groups is 2. The highest BCUT2D eigenvalue weighted by molar-refractivity contribution is 5.97. The zero-order valence-electron chi connectivity index (χ0n) is 11.6. The van der Waals surface area contributed by atoms with Crippen LogP contribution >= 0.6 is 0 Å². The van der Waals surface area contributed by atoms with Gasteiger partial charge in [0.05, 0.1) is 6.61 Å². The van der Waals surface area contributed by atoms with Crippen molar-refractivity contribution in [1.82, 2.24) is 0 Å². The van der Waals surface area contributed by atoms with Gasteiger partial charge >= 0.3 is 5.97 Å². The smallest absolute Gasteiger partial charge is 0.330 e. The molecule has 0 saturated carbocycles. The molecule has 0 atom stereocenters. The van der Waals surface area contributed by atoms with Gasteiger partial charge in [-0.15, -0.1) is 0 Å². The molecule has 0 aromatic heterocycles. The molecule has 0 radical (unpaired) electrons. The molecule has 0 saturated heterocycles. The van der Waals surface area contributed by atoms with E-state index < -0.39 is 5.97 Å². The lowest BCUT2D eigenvalue weighted by Crippen LogP contribution is -2.12. The van der Waals surface area contributed by atoms with Crippen LogP contribution in [0.4, 0.5) is 5.69 Å². The van der Waals surface area contributed by atoms with Crippen LogP contribution in [0.1, 0.15) is 22.3 Å². The van der Waals surface area contributed by atoms with E-state index in [1.54, 1.807) is 6.07 Å². The lowest BCUT2D eigenvalue weighted by Gasteiger charge is -2.16. The minimum absolute atomic E-state index is 0.0417. The highest BCUT2D eigenvalue weighted by Crippen LogP contribution is 2.20. The number of rotatable bonds is 6. The van der Waals surface area contributed by atoms with Gasteiger partial charge < -0.3 is 9.64 Å². The van der Waals surface area contributed by atoms with Gasteiger partial charge in [-0.3, -0.25) is 4.79 Å². The van der Waals surface area contributed by atoms with Crippen LogP contribution in [-0.2, 0) is 9.53 Å². The molecule has 1 aromatic carbocycles. The SMILES string of the molecule is C=CC(=O)OCCC(=O)c1ccc(C)c(N(C)C)c1. The van der Waals surface area contributed by atoms with Gasteiger partial charge in [0.1, 0.15) is 0 Å². The van der Waals surface area contributed by atoms with Crippen molar-refractivity contribution in [1.29, 1.82) is 0 Å². The number of anilines is 1. The Hall–Kier alpha value is -2.10. The molecule has 102 valence electrons. The van der Waals surface area contributed by atoms with Crippen molar-refractivity contribution in [3.63, 3.8) is 0 Å². The van der Waals surface area contributed by atoms with E-state index in [0.717, 1.165) is 17.3 Å². The van der Waals surface area contributed by atoms with Crippen LogP contribution in [0.2, 0.25) is 0 Å². The molecule has 4 heteroatoms. The van der Waals surface area contributed by atoms with Gasteiger partial charge in [0.25, 0.3) is 0 Å². The minimum Gasteiger partial charge on any atom is -0.462 e. The molecular weight excluding hydrogens is 242 g/mol. The van der Waals surface area contributed by atoms with E-state index >= 15 is 0 Å². The van der Waals surface area contributed by atoms with Crippen LogP contribution in [0, 0.1) is 6.92 Å². The third-order valence-corrected chi connectivity index (χ3v) is 2.75. The maximum absolute atomic E-state index is 12.0. The lowest BCUT2D eigenvalue weighted by molar-refractivity contribution is -0.137. The Morgan fingerprint density at radius 2 is 2.05 bits per heavy atom. The van der Waals surface area contributed by atoms with Crippen LogP contribution in [0.5, 0.6) is 0 Å². The van der Waals surface area contributed by atoms with E-state index in [-0.39, 0.29) is 18.8 Å². The van der Waals surface area contributed by atoms with E-state index in [9.17, 15) is 9.59 Å². The van der Waals surface area contributed by atoms with Crippen LogP contribution in [0.3, 0.4) is 0 Å². The summed E-state index contributed by atoms with van der Waals surface area (Å²) in [6, 6.07) is 5.56. The number of benzene rings is 1. The third kappa shape index (κ3) is 4.25. The molecular formula is C15H19NO3. The van der Waals surface area contributed by atoms with Crippen LogP contribution in [0.25, 0.3) is 0 Å². The average molecular weight is 261 g/mol. The zero-order valence-corrected chi connectivity index (χ0v) is 11.6. The molecule has 1 rings (SSSR count). The predicted molar refractivity (Wildman–Crippen MR) is 75.6 cm³/mol. The normalized spacial score (nSPS) is 9.84. The van der Waals surface area contributed by atoms with E-state index in [4.69, 9.17) is 4.74 Å². The summed E-state index contributed by atoms with van der Waals surface area (Å²) in [5, 5.41) is 0. The summed E-state index contributed by atoms with van der Waals surface area (Å²) in [6.07, 6.45) is 1.26. The van der Waals surface area contributed by atoms with Gasteiger partial charge in [0, 0.05) is 37.8 Å². The number of ether oxygens (including phenoxy) is 1. The number of Topliss-reactive ketones (excluding diaryl/α,β-unsaturated/α-hetero) is 1. The minimum atomic E-state index is -0.509. The monoisotopic (exact) mass is 261 g/mol. The second kappa shape index (κ2) is 6.73. The first-order valence-corrected chi connectivity index (χ1v) is 6.06. The van der Waals surface area contributed by atoms with Crippen LogP contribution in [-0.4, -0.2) is 32.5 Å². The molecule has 0 spiro atoms. The molecule has 0 fully saturated rings. The van der Waals surface area contributed by atoms with Crippen LogP contribution < -0.4 is 4.90 Å². The molecule has 0 amide bonds. The molecule has 0 unspecified atom stereocenters. The molecule has 0 heterocycles. The van der Waals surface area contributed by atoms with Gasteiger partial charge in [-0.05, 0) is 18.6 Å². The first-order valence-electron chi connectivity index (χ1n) is 6.06. The average Bonchev–Trinajstić information content (AvgIpc) is 2.38. The Morgan fingerprint density at radius 1 is 1.37 bits per heavy atom. The summed E-state index contributed by atoms with van der Waals surface area (Å²) in [5.74, 6) is -0.550. The summed E-state index contributed by atoms with van der Waals surface area (Å²) in [5.41, 5.74) is 2.75. The first-order chi connectivity index (χ1) is 8.95. The molecule has 1 aromatic rings. The summed E-state index contributed by atoms with van der Waals surface area (Å²) >= 11 is 0. The molecule has 0 aliphatic carbocycles. The second-order valence-electron chi connectivity index (χ2n) is 4.44. The van der Waals surface area contributed by atoms with Crippen LogP contribution in [0.15, 0.2) is 30.9 Å². The summed E-state index contributed by atoms with van der Waals surface area (Å²) in [4.78, 5) is 24.8. The maximum atomic E-state index is 12.0. The fourth-order valence-electron chi connectivity index (χ4n) is 1.71. The van der Waals surface area contributed by atoms with Gasteiger partial charge in [-0.25, -0.2) is 4.79 Å². The second-order valence-corrected chi connectivity index (χ2v) is 4.44. The number of ketones is 1. The van der Waals surface area contributed by atoms with E-state index in [1.165, 1.54) is 0 Å². The largest absolute Gasteiger partial charge is 0.462 e. The van der Waals surface area contributed by atoms with Crippen molar-refractivity contribution in [3.05, 3.63) is 42.0 Å². The van der Waals surface area contributed by atoms with Crippen molar-refractivity contribution >= 4 is 17.4 Å². The van der Waals surface area contributed by atoms with Gasteiger partial charge in [0.15, 0.2) is 5.78 Å². The number of nitrogens with zero attached hydrogens (tertiary/aromatic N) is 1. The summed E-state index contributed by atoms with van der Waals surface area (Å²) < 4.78 is 4.80. The molecule has 0 aliphatic heterocycles. The fourth-order valence-corrected chi connectivity index (χ4v) is 1.71. The molecule has 0 aliphatic rings. The summed E-state index contributed by atoms with van der Waals surface area (Å²) in [6.45, 7) is 5.37. The lowest BCUT2D eigenvalue weighted by atomic mass is 10.0. The van der Waals surface area contributed by atoms with E-state index in [2.05, 4.69) is 6.58 Å². The number of esters is 1. The van der Waals surface area contributed by atoms with E-state index in [1.807, 2.05) is 38.1 Å². The topological polar surface area (TPSA) is 46.6 Å². The maximum Gasteiger partial charge on any atom is 0.330 e. The van der Waals surface area contributed by atoms with Crippen molar-refractivity contribution in [2.75, 3.05) is 25.6 Å². The highest BCUT2D eigenvalue weighted by Gasteiger charge is 2.10. The Kier molecular flexibility index (Phi) is 5.30. The van der Waals surface area contributed by atoms with E-state index in [0.29, 0.717) is 5.56 Å². The number of carbonyl (C=O) groups excluding carboxylic acids is 2. The van der Waals surface area contributed by atoms with Crippen molar-refractivity contribution in [2.24, 2.45) is 0 Å². The van der Waals surface area contributed by atoms with Gasteiger partial charge in [-0.2, -0.15) is 0 Å². The molecule has 0 N–H and O–H groups in total. The quantitative estimate of drug-likeness (QED) is 0.448. The van der Waals surface area contributed by atoms with Gasteiger partial charge in [-0.1, -0.05) is 18.7 Å². The third-order valence-electron chi connectivity index (χ3n) is 2.75. The number of hydrogen-bond donors (Lipinski definition) is 0. The molecule has 4 nitrogen and oxygen atoms in total. The Labute approximate surface area is 113 Å². The molecule has 0 bridgehead atoms. The predicted octanol–water partition coefficient (Wildman–Crippen LogP) is 2.36. The Bertz CT molecular complexity index is 492. The van der Waals surface area contributed by atoms with Crippen molar-refractivity contribution in [2.45, 2.75) is 13.3 Å². The number of hydrogen-bond acceptors (Lipinski definition) is 4. The standard InChI is InChI=1S/C15H19NO3/c1-5-15(18)19-9-8-14(17)12-7-6-11(2)13(10-12)16(3)4/h5-7,10H,1,8-9H2,2-4H3. The van der Waals surface area contributed by atoms with Crippen molar-refractivity contribution < 1.29 is 14.3 Å². The summed E-state index contributed by atoms with van der Waals surface area (Å²) in [7, 11) is 3.87. The van der Waals surface area contributed by atoms with Gasteiger partial charge in [0.2, 0.25) is 0 Å². The number of aryl methyl sites for hydroxylation is 1. The Morgan fingerprint density at radius 3 is 2.63 bits per heavy atom. The fraction of sp³-hybridized carbons (Fsp3) is 0.333. The highest BCUT2D eigenvalue weighted by atomic mass is 16.5. The Balaban J connectivity index is 2.69. The zero-order chi connectivity index (χ0) is 14.4. The van der Waals surface area contributed by atoms with Crippen molar-refractivity contribution in [3.8, 4) is 0 Å². The first kappa shape index (κ1) is 15.0. The molecule has 19 heavy (non-hydrogen) atoms.